The maximum absolute atomic E-state index is 12.8. The zero-order valence-corrected chi connectivity index (χ0v) is 19.7. The van der Waals surface area contributed by atoms with E-state index in [1.54, 1.807) is 40.3 Å². The molecule has 0 saturated carbocycles. The molecule has 0 fully saturated rings. The van der Waals surface area contributed by atoms with Crippen LogP contribution in [0, 0.1) is 0 Å². The van der Waals surface area contributed by atoms with E-state index in [1.807, 2.05) is 67.0 Å². The molecule has 0 aliphatic rings. The molecule has 5 rings (SSSR count). The fourth-order valence-electron chi connectivity index (χ4n) is 3.71. The van der Waals surface area contributed by atoms with E-state index in [1.165, 1.54) is 10.6 Å². The number of fused-ring (bicyclic) bond motifs is 1. The summed E-state index contributed by atoms with van der Waals surface area (Å²) in [6.45, 7) is 2.26. The van der Waals surface area contributed by atoms with Crippen molar-refractivity contribution in [1.82, 2.24) is 24.8 Å². The van der Waals surface area contributed by atoms with Gasteiger partial charge in [0.2, 0.25) is 5.95 Å². The largest absolute Gasteiger partial charge is 0.277 e. The van der Waals surface area contributed by atoms with Crippen LogP contribution in [0.1, 0.15) is 12.5 Å². The van der Waals surface area contributed by atoms with Gasteiger partial charge in [-0.25, -0.2) is 9.67 Å². The minimum atomic E-state index is -0.389. The van der Waals surface area contributed by atoms with Gasteiger partial charge in [0, 0.05) is 24.4 Å². The molecular formula is C26H22N6O2S. The van der Waals surface area contributed by atoms with Gasteiger partial charge in [-0.3, -0.25) is 25.0 Å². The van der Waals surface area contributed by atoms with Gasteiger partial charge in [0.25, 0.3) is 11.5 Å². The molecule has 35 heavy (non-hydrogen) atoms. The van der Waals surface area contributed by atoms with Crippen molar-refractivity contribution >= 4 is 40.2 Å². The molecule has 2 N–H and O–H groups in total. The van der Waals surface area contributed by atoms with Crippen LogP contribution in [0.4, 0.5) is 5.95 Å². The Morgan fingerprint density at radius 3 is 2.63 bits per heavy atom. The molecule has 0 aliphatic carbocycles. The summed E-state index contributed by atoms with van der Waals surface area (Å²) < 4.78 is 3.27. The molecular weight excluding hydrogens is 460 g/mol. The normalized spacial score (nSPS) is 11.2. The van der Waals surface area contributed by atoms with E-state index in [2.05, 4.69) is 15.8 Å². The summed E-state index contributed by atoms with van der Waals surface area (Å²) in [5, 5.41) is 7.26. The first-order valence-electron chi connectivity index (χ1n) is 11.1. The van der Waals surface area contributed by atoms with Crippen molar-refractivity contribution in [3.63, 3.8) is 0 Å². The smallest absolute Gasteiger partial charge is 0.262 e. The lowest BCUT2D eigenvalue weighted by molar-refractivity contribution is -0.116. The van der Waals surface area contributed by atoms with Crippen molar-refractivity contribution in [2.45, 2.75) is 13.5 Å². The third-order valence-electron chi connectivity index (χ3n) is 5.41. The number of hydrogen-bond donors (Lipinski definition) is 2. The number of hydrogen-bond acceptors (Lipinski definition) is 6. The van der Waals surface area contributed by atoms with Gasteiger partial charge in [-0.1, -0.05) is 36.4 Å². The summed E-state index contributed by atoms with van der Waals surface area (Å²) in [6, 6.07) is 20.9. The molecule has 174 valence electrons. The predicted octanol–water partition coefficient (Wildman–Crippen LogP) is 4.49. The molecule has 5 aromatic rings. The summed E-state index contributed by atoms with van der Waals surface area (Å²) in [6.07, 6.45) is 5.03. The van der Waals surface area contributed by atoms with Crippen LogP contribution in [-0.2, 0) is 11.3 Å². The molecule has 9 heteroatoms. The highest BCUT2D eigenvalue weighted by Gasteiger charge is 2.13. The van der Waals surface area contributed by atoms with Crippen LogP contribution in [0.15, 0.2) is 89.2 Å². The average Bonchev–Trinajstić information content (AvgIpc) is 3.57. The number of hydrazine groups is 1. The van der Waals surface area contributed by atoms with Gasteiger partial charge >= 0.3 is 0 Å². The number of anilines is 1. The number of nitrogens with zero attached hydrogens (tertiary/aromatic N) is 4. The number of carbonyl (C=O) groups is 1. The van der Waals surface area contributed by atoms with Gasteiger partial charge in [0.05, 0.1) is 21.5 Å². The fraction of sp³-hybridized carbons (Fsp3) is 0.0769. The SMILES string of the molecule is CCn1c(NNC(=O)/C=C/c2cn(-c3ccccc3)nc2-c2cccs2)nc2ccccc2c1=O. The van der Waals surface area contributed by atoms with Crippen molar-refractivity contribution in [2.75, 3.05) is 5.43 Å². The lowest BCUT2D eigenvalue weighted by atomic mass is 10.2. The number of thiophene rings is 1. The number of amides is 1. The molecule has 0 spiro atoms. The summed E-state index contributed by atoms with van der Waals surface area (Å²) in [5.41, 5.74) is 8.31. The highest BCUT2D eigenvalue weighted by molar-refractivity contribution is 7.13. The molecule has 0 atom stereocenters. The predicted molar refractivity (Wildman–Crippen MR) is 139 cm³/mol. The Bertz CT molecular complexity index is 1570. The molecule has 8 nitrogen and oxygen atoms in total. The number of para-hydroxylation sites is 2. The van der Waals surface area contributed by atoms with Crippen LogP contribution in [0.2, 0.25) is 0 Å². The second-order valence-electron chi connectivity index (χ2n) is 7.64. The van der Waals surface area contributed by atoms with E-state index in [0.29, 0.717) is 17.4 Å². The van der Waals surface area contributed by atoms with Crippen molar-refractivity contribution < 1.29 is 4.79 Å². The molecule has 3 aromatic heterocycles. The Morgan fingerprint density at radius 1 is 1.06 bits per heavy atom. The molecule has 0 aliphatic heterocycles. The summed E-state index contributed by atoms with van der Waals surface area (Å²) in [5.74, 6) is -0.117. The van der Waals surface area contributed by atoms with Crippen LogP contribution >= 0.6 is 11.3 Å². The highest BCUT2D eigenvalue weighted by Crippen LogP contribution is 2.28. The van der Waals surface area contributed by atoms with Crippen LogP contribution in [0.5, 0.6) is 0 Å². The second kappa shape index (κ2) is 9.78. The van der Waals surface area contributed by atoms with Gasteiger partial charge < -0.3 is 0 Å². The lowest BCUT2D eigenvalue weighted by Gasteiger charge is -2.13. The summed E-state index contributed by atoms with van der Waals surface area (Å²) in [4.78, 5) is 30.9. The fourth-order valence-corrected chi connectivity index (χ4v) is 4.44. The van der Waals surface area contributed by atoms with Gasteiger partial charge in [0.15, 0.2) is 0 Å². The van der Waals surface area contributed by atoms with E-state index in [0.717, 1.165) is 21.8 Å². The summed E-state index contributed by atoms with van der Waals surface area (Å²) in [7, 11) is 0. The maximum atomic E-state index is 12.8. The third-order valence-corrected chi connectivity index (χ3v) is 6.28. The van der Waals surface area contributed by atoms with E-state index in [9.17, 15) is 9.59 Å². The first-order valence-corrected chi connectivity index (χ1v) is 11.9. The summed E-state index contributed by atoms with van der Waals surface area (Å²) >= 11 is 1.58. The van der Waals surface area contributed by atoms with E-state index in [4.69, 9.17) is 5.10 Å². The molecule has 0 saturated heterocycles. The Balaban J connectivity index is 1.38. The molecule has 2 aromatic carbocycles. The van der Waals surface area contributed by atoms with Gasteiger partial charge in [-0.2, -0.15) is 5.10 Å². The molecule has 0 unspecified atom stereocenters. The highest BCUT2D eigenvalue weighted by atomic mass is 32.1. The molecule has 0 bridgehead atoms. The Morgan fingerprint density at radius 2 is 1.86 bits per heavy atom. The lowest BCUT2D eigenvalue weighted by Crippen LogP contribution is -2.33. The van der Waals surface area contributed by atoms with Crippen molar-refractivity contribution in [3.05, 3.63) is 100 Å². The number of carbonyl (C=O) groups excluding carboxylic acids is 1. The second-order valence-corrected chi connectivity index (χ2v) is 8.59. The minimum absolute atomic E-state index is 0.167. The topological polar surface area (TPSA) is 93.8 Å². The zero-order valence-electron chi connectivity index (χ0n) is 18.9. The van der Waals surface area contributed by atoms with Crippen molar-refractivity contribution in [1.29, 1.82) is 0 Å². The molecule has 3 heterocycles. The van der Waals surface area contributed by atoms with Crippen LogP contribution < -0.4 is 16.4 Å². The molecule has 1 amide bonds. The van der Waals surface area contributed by atoms with Gasteiger partial charge in [-0.05, 0) is 48.7 Å². The van der Waals surface area contributed by atoms with E-state index in [-0.39, 0.29) is 17.4 Å². The number of aromatic nitrogens is 4. The quantitative estimate of drug-likeness (QED) is 0.263. The Kier molecular flexibility index (Phi) is 6.23. The zero-order chi connectivity index (χ0) is 24.2. The van der Waals surface area contributed by atoms with Crippen LogP contribution in [0.25, 0.3) is 33.2 Å². The molecule has 0 radical (unpaired) electrons. The standard InChI is InChI=1S/C26H22N6O2S/c1-2-31-25(34)20-11-6-7-12-21(20)27-26(31)29-28-23(33)15-14-18-17-32(19-9-4-3-5-10-19)30-24(18)22-13-8-16-35-22/h3-17H,2H2,1H3,(H,27,29)(H,28,33)/b15-14+. The minimum Gasteiger partial charge on any atom is -0.277 e. The first-order chi connectivity index (χ1) is 17.1. The van der Waals surface area contributed by atoms with Crippen molar-refractivity contribution in [3.8, 4) is 16.3 Å². The van der Waals surface area contributed by atoms with Gasteiger partial charge in [0.1, 0.15) is 5.69 Å². The first kappa shape index (κ1) is 22.3. The van der Waals surface area contributed by atoms with Crippen LogP contribution in [-0.4, -0.2) is 25.2 Å². The van der Waals surface area contributed by atoms with Crippen LogP contribution in [0.3, 0.4) is 0 Å². The number of nitrogens with one attached hydrogen (secondary N) is 2. The number of rotatable bonds is 7. The van der Waals surface area contributed by atoms with E-state index < -0.39 is 0 Å². The van der Waals surface area contributed by atoms with Crippen molar-refractivity contribution in [2.24, 2.45) is 0 Å². The monoisotopic (exact) mass is 482 g/mol. The Hall–Kier alpha value is -4.50. The Labute approximate surface area is 205 Å². The van der Waals surface area contributed by atoms with Gasteiger partial charge in [-0.15, -0.1) is 11.3 Å². The average molecular weight is 483 g/mol. The maximum Gasteiger partial charge on any atom is 0.262 e. The van der Waals surface area contributed by atoms with E-state index >= 15 is 0 Å². The third kappa shape index (κ3) is 4.62. The number of benzene rings is 2.